The van der Waals surface area contributed by atoms with Crippen LogP contribution in [-0.4, -0.2) is 12.8 Å². The van der Waals surface area contributed by atoms with Gasteiger partial charge in [-0.15, -0.1) is 0 Å². The molecule has 0 aromatic carbocycles. The molecule has 0 aliphatic rings. The molecular weight excluding hydrogens is 172 g/mol. The second-order valence-electron chi connectivity index (χ2n) is 1.70. The summed E-state index contributed by atoms with van der Waals surface area (Å²) >= 11 is 1.13. The Morgan fingerprint density at radius 3 is 2.80 bits per heavy atom. The van der Waals surface area contributed by atoms with Crippen molar-refractivity contribution in [3.05, 3.63) is 11.8 Å². The molecule has 0 saturated carbocycles. The normalized spacial score (nSPS) is 10.2. The summed E-state index contributed by atoms with van der Waals surface area (Å²) in [6, 6.07) is 1.68. The van der Waals surface area contributed by atoms with Gasteiger partial charge in [0, 0.05) is 0 Å². The molecule has 0 atom stereocenters. The van der Waals surface area contributed by atoms with Gasteiger partial charge in [0.1, 0.15) is 5.00 Å². The van der Waals surface area contributed by atoms with Gasteiger partial charge in [-0.2, -0.15) is 4.37 Å². The second kappa shape index (κ2) is 2.98. The van der Waals surface area contributed by atoms with Crippen molar-refractivity contribution in [2.75, 3.05) is 4.72 Å². The number of nitrogens with zero attached hydrogens (tertiary/aromatic N) is 1. The van der Waals surface area contributed by atoms with Crippen LogP contribution in [0.3, 0.4) is 0 Å². The lowest BCUT2D eigenvalue weighted by molar-refractivity contribution is 0.619. The van der Waals surface area contributed by atoms with Gasteiger partial charge in [0.25, 0.3) is 0 Å². The molecule has 1 rings (SSSR count). The summed E-state index contributed by atoms with van der Waals surface area (Å²) in [4.78, 5) is 0. The van der Waals surface area contributed by atoms with Crippen LogP contribution in [0.25, 0.3) is 0 Å². The smallest absolute Gasteiger partial charge is 0.223 e. The van der Waals surface area contributed by atoms with Gasteiger partial charge in [0.2, 0.25) is 10.9 Å². The van der Waals surface area contributed by atoms with E-state index in [-0.39, 0.29) is 0 Å². The lowest BCUT2D eigenvalue weighted by Crippen LogP contribution is -1.90. The van der Waals surface area contributed by atoms with E-state index in [9.17, 15) is 8.42 Å². The monoisotopic (exact) mass is 178 g/mol. The fourth-order valence-electron chi connectivity index (χ4n) is 0.506. The van der Waals surface area contributed by atoms with Gasteiger partial charge in [-0.1, -0.05) is 0 Å². The Labute approximate surface area is 64.1 Å². The zero-order valence-corrected chi connectivity index (χ0v) is 6.91. The van der Waals surface area contributed by atoms with Gasteiger partial charge in [-0.25, -0.2) is 8.42 Å². The van der Waals surface area contributed by atoms with Crippen molar-refractivity contribution < 1.29 is 8.42 Å². The maximum Gasteiger partial charge on any atom is 0.223 e. The van der Waals surface area contributed by atoms with E-state index >= 15 is 0 Å². The first-order valence-corrected chi connectivity index (χ1v) is 4.48. The lowest BCUT2D eigenvalue weighted by atomic mass is 10.5. The molecular formula is C4H6N2O2S2. The van der Waals surface area contributed by atoms with Gasteiger partial charge in [-0.3, -0.25) is 4.72 Å². The number of rotatable bonds is 2. The minimum atomic E-state index is -2.54. The third-order valence-electron chi connectivity index (χ3n) is 0.829. The number of nitrogens with one attached hydrogen (secondary N) is 1. The summed E-state index contributed by atoms with van der Waals surface area (Å²) < 4.78 is 26.3. The van der Waals surface area contributed by atoms with E-state index < -0.39 is 10.9 Å². The van der Waals surface area contributed by atoms with E-state index in [1.807, 2.05) is 0 Å². The molecule has 56 valence electrons. The van der Waals surface area contributed by atoms with Crippen molar-refractivity contribution in [3.8, 4) is 0 Å². The summed E-state index contributed by atoms with van der Waals surface area (Å²) in [5.41, 5.74) is 0.823. The van der Waals surface area contributed by atoms with Crippen LogP contribution in [0.2, 0.25) is 0 Å². The molecule has 0 fully saturated rings. The van der Waals surface area contributed by atoms with Crippen LogP contribution in [0.15, 0.2) is 6.07 Å². The second-order valence-corrected chi connectivity index (χ2v) is 3.24. The minimum Gasteiger partial charge on any atom is -0.275 e. The van der Waals surface area contributed by atoms with Crippen molar-refractivity contribution in [1.82, 2.24) is 4.37 Å². The number of hydrogen-bond donors (Lipinski definition) is 2. The number of anilines is 1. The van der Waals surface area contributed by atoms with Crippen molar-refractivity contribution >= 4 is 27.4 Å². The van der Waals surface area contributed by atoms with Gasteiger partial charge < -0.3 is 0 Å². The summed E-state index contributed by atoms with van der Waals surface area (Å²) in [5.74, 6) is 0. The average Bonchev–Trinajstić information content (AvgIpc) is 2.13. The highest BCUT2D eigenvalue weighted by Gasteiger charge is 1.95. The maximum atomic E-state index is 10.1. The molecule has 1 heterocycles. The van der Waals surface area contributed by atoms with Crippen molar-refractivity contribution in [3.63, 3.8) is 0 Å². The van der Waals surface area contributed by atoms with Crippen molar-refractivity contribution in [2.45, 2.75) is 6.92 Å². The first-order valence-electron chi connectivity index (χ1n) is 2.53. The maximum absolute atomic E-state index is 10.1. The van der Waals surface area contributed by atoms with E-state index in [2.05, 4.69) is 9.10 Å². The summed E-state index contributed by atoms with van der Waals surface area (Å²) in [5, 5.41) is 0.564. The minimum absolute atomic E-state index is 0.564. The largest absolute Gasteiger partial charge is 0.275 e. The molecule has 0 unspecified atom stereocenters. The highest BCUT2D eigenvalue weighted by atomic mass is 32.2. The predicted octanol–water partition coefficient (Wildman–Crippen LogP) is 0.390. The Hall–Kier alpha value is -0.620. The van der Waals surface area contributed by atoms with Crippen LogP contribution in [0.1, 0.15) is 5.69 Å². The predicted molar refractivity (Wildman–Crippen MR) is 40.8 cm³/mol. The molecule has 0 saturated heterocycles. The van der Waals surface area contributed by atoms with Crippen LogP contribution in [-0.2, 0) is 10.9 Å². The van der Waals surface area contributed by atoms with Gasteiger partial charge >= 0.3 is 0 Å². The van der Waals surface area contributed by atoms with Crippen LogP contribution >= 0.6 is 11.5 Å². The Morgan fingerprint density at radius 2 is 2.40 bits per heavy atom. The topological polar surface area (TPSA) is 59.1 Å². The fraction of sp³-hybridized carbons (Fsp3) is 0.250. The van der Waals surface area contributed by atoms with E-state index in [1.54, 1.807) is 13.0 Å². The van der Waals surface area contributed by atoms with Crippen LogP contribution in [0.4, 0.5) is 5.00 Å². The van der Waals surface area contributed by atoms with Crippen LogP contribution < -0.4 is 4.72 Å². The molecule has 1 aromatic heterocycles. The first kappa shape index (κ1) is 7.49. The van der Waals surface area contributed by atoms with Crippen LogP contribution in [0.5, 0.6) is 0 Å². The SMILES string of the molecule is Cc1cc(N[SH](=O)=O)sn1. The molecule has 6 heteroatoms. The molecule has 10 heavy (non-hydrogen) atoms. The van der Waals surface area contributed by atoms with Gasteiger partial charge in [-0.05, 0) is 24.5 Å². The zero-order valence-electron chi connectivity index (χ0n) is 5.20. The third kappa shape index (κ3) is 1.96. The number of aryl methyl sites for hydroxylation is 1. The Balaban J connectivity index is 2.76. The molecule has 0 amide bonds. The number of thiol groups is 1. The molecule has 0 bridgehead atoms. The van der Waals surface area contributed by atoms with E-state index in [4.69, 9.17) is 0 Å². The average molecular weight is 178 g/mol. The first-order chi connectivity index (χ1) is 4.68. The van der Waals surface area contributed by atoms with E-state index in [0.29, 0.717) is 5.00 Å². The Bertz CT molecular complexity index is 283. The Morgan fingerprint density at radius 1 is 1.70 bits per heavy atom. The quantitative estimate of drug-likeness (QED) is 0.644. The highest BCUT2D eigenvalue weighted by molar-refractivity contribution is 7.74. The molecule has 0 radical (unpaired) electrons. The molecule has 0 aliphatic carbocycles. The summed E-state index contributed by atoms with van der Waals surface area (Å²) in [6.07, 6.45) is 0. The standard InChI is InChI=1S/C4H6N2O2S2/c1-3-2-4(9-5-3)6-10(7)8/h2,10H,1H3,(H,6,7,8). The van der Waals surface area contributed by atoms with Crippen molar-refractivity contribution in [2.24, 2.45) is 0 Å². The van der Waals surface area contributed by atoms with Crippen molar-refractivity contribution in [1.29, 1.82) is 0 Å². The highest BCUT2D eigenvalue weighted by Crippen LogP contribution is 2.14. The summed E-state index contributed by atoms with van der Waals surface area (Å²) in [6.45, 7) is 1.81. The van der Waals surface area contributed by atoms with Crippen LogP contribution in [0, 0.1) is 6.92 Å². The molecule has 4 nitrogen and oxygen atoms in total. The molecule has 0 spiro atoms. The molecule has 1 N–H and O–H groups in total. The van der Waals surface area contributed by atoms with E-state index in [0.717, 1.165) is 17.2 Å². The fourth-order valence-corrected chi connectivity index (χ4v) is 1.66. The molecule has 1 aromatic rings. The number of hydrogen-bond acceptors (Lipinski definition) is 4. The number of aromatic nitrogens is 1. The van der Waals surface area contributed by atoms with E-state index in [1.165, 1.54) is 0 Å². The Kier molecular flexibility index (Phi) is 2.23. The third-order valence-corrected chi connectivity index (χ3v) is 2.20. The summed E-state index contributed by atoms with van der Waals surface area (Å²) in [7, 11) is -2.54. The van der Waals surface area contributed by atoms with Gasteiger partial charge in [0.05, 0.1) is 5.69 Å². The molecule has 0 aliphatic heterocycles. The van der Waals surface area contributed by atoms with Gasteiger partial charge in [0.15, 0.2) is 0 Å². The zero-order chi connectivity index (χ0) is 7.56. The lowest BCUT2D eigenvalue weighted by Gasteiger charge is -1.85.